The zero-order chi connectivity index (χ0) is 46.2. The number of unbranched alkanes of at least 4 members (excludes halogenated alkanes) is 10. The Hall–Kier alpha value is -4.12. The van der Waals surface area contributed by atoms with Crippen molar-refractivity contribution in [3.05, 3.63) is 165 Å². The van der Waals surface area contributed by atoms with Gasteiger partial charge in [0, 0.05) is 48.5 Å². The van der Waals surface area contributed by atoms with E-state index in [0.717, 1.165) is 33.2 Å². The van der Waals surface area contributed by atoms with E-state index in [0.29, 0.717) is 0 Å². The maximum absolute atomic E-state index is 3.73. The standard InChI is InChI=1S/C61H74Br2N2/c1-9-11-13-15-17-19-41-61(42-20-18-16-14-12-10-2)57-43-53(64(51-33-25-47(62)26-34-51)49-29-21-45(22-30-49)59(3,4)5)37-39-55(57)56-40-38-54(44-58(56)61)65(52-35-27-48(63)28-36-52)50-31-23-46(24-32-50)60(6,7)8/h21-40,43-44H,9-20,41-42H2,1-8H3. The third kappa shape index (κ3) is 11.5. The van der Waals surface area contributed by atoms with Gasteiger partial charge < -0.3 is 9.80 Å². The van der Waals surface area contributed by atoms with Crippen LogP contribution in [-0.4, -0.2) is 0 Å². The molecule has 342 valence electrons. The van der Waals surface area contributed by atoms with Gasteiger partial charge in [0.15, 0.2) is 0 Å². The van der Waals surface area contributed by atoms with Crippen molar-refractivity contribution in [2.45, 2.75) is 162 Å². The van der Waals surface area contributed by atoms with Crippen molar-refractivity contribution in [3.8, 4) is 11.1 Å². The smallest absolute Gasteiger partial charge is 0.0465 e. The van der Waals surface area contributed by atoms with Crippen molar-refractivity contribution >= 4 is 66.0 Å². The van der Waals surface area contributed by atoms with E-state index in [4.69, 9.17) is 0 Å². The lowest BCUT2D eigenvalue weighted by Crippen LogP contribution is -2.26. The molecule has 0 heterocycles. The molecule has 0 saturated heterocycles. The summed E-state index contributed by atoms with van der Waals surface area (Å²) in [4.78, 5) is 4.95. The predicted octanol–water partition coefficient (Wildman–Crippen LogP) is 20.5. The van der Waals surface area contributed by atoms with Crippen LogP contribution in [0.2, 0.25) is 0 Å². The molecule has 0 amide bonds. The summed E-state index contributed by atoms with van der Waals surface area (Å²) in [5.41, 5.74) is 15.6. The van der Waals surface area contributed by atoms with Crippen LogP contribution in [0.5, 0.6) is 0 Å². The van der Waals surface area contributed by atoms with Crippen LogP contribution in [0.4, 0.5) is 34.1 Å². The average molecular weight is 995 g/mol. The molecule has 0 unspecified atom stereocenters. The lowest BCUT2D eigenvalue weighted by Gasteiger charge is -2.35. The van der Waals surface area contributed by atoms with Crippen molar-refractivity contribution < 1.29 is 0 Å². The Balaban J connectivity index is 1.40. The van der Waals surface area contributed by atoms with Crippen molar-refractivity contribution in [2.75, 3.05) is 9.80 Å². The highest BCUT2D eigenvalue weighted by Crippen LogP contribution is 2.57. The van der Waals surface area contributed by atoms with E-state index in [1.165, 1.54) is 133 Å². The normalized spacial score (nSPS) is 13.1. The van der Waals surface area contributed by atoms with Gasteiger partial charge in [-0.25, -0.2) is 0 Å². The monoisotopic (exact) mass is 992 g/mol. The molecule has 0 radical (unpaired) electrons. The first-order valence-electron chi connectivity index (χ1n) is 24.9. The molecule has 0 N–H and O–H groups in total. The molecule has 0 atom stereocenters. The molecule has 65 heavy (non-hydrogen) atoms. The Labute approximate surface area is 410 Å². The van der Waals surface area contributed by atoms with Gasteiger partial charge in [0.25, 0.3) is 0 Å². The minimum atomic E-state index is -0.116. The summed E-state index contributed by atoms with van der Waals surface area (Å²) in [6.07, 6.45) is 17.8. The zero-order valence-corrected chi connectivity index (χ0v) is 43.9. The minimum Gasteiger partial charge on any atom is -0.310 e. The number of halogens is 2. The van der Waals surface area contributed by atoms with Gasteiger partial charge in [-0.1, -0.05) is 201 Å². The van der Waals surface area contributed by atoms with Crippen LogP contribution in [-0.2, 0) is 16.2 Å². The maximum atomic E-state index is 3.73. The average Bonchev–Trinajstić information content (AvgIpc) is 3.55. The molecule has 0 aliphatic heterocycles. The number of fused-ring (bicyclic) bond motifs is 3. The SMILES string of the molecule is CCCCCCCCC1(CCCCCCCC)c2cc(N(c3ccc(Br)cc3)c3ccc(C(C)(C)C)cc3)ccc2-c2ccc(N(c3ccc(Br)cc3)c3ccc(C(C)(C)C)cc3)cc21. The summed E-state index contributed by atoms with van der Waals surface area (Å²) < 4.78 is 2.17. The van der Waals surface area contributed by atoms with E-state index in [9.17, 15) is 0 Å². The Bertz CT molecular complexity index is 2260. The largest absolute Gasteiger partial charge is 0.310 e. The molecular weight excluding hydrogens is 920 g/mol. The second-order valence-electron chi connectivity index (χ2n) is 20.8. The minimum absolute atomic E-state index is 0.0780. The number of rotatable bonds is 20. The summed E-state index contributed by atoms with van der Waals surface area (Å²) >= 11 is 7.47. The molecule has 1 aliphatic carbocycles. The first kappa shape index (κ1) is 48.8. The number of hydrogen-bond donors (Lipinski definition) is 0. The summed E-state index contributed by atoms with van der Waals surface area (Å²) in [6, 6.07) is 51.1. The van der Waals surface area contributed by atoms with Crippen molar-refractivity contribution in [1.82, 2.24) is 0 Å². The second-order valence-corrected chi connectivity index (χ2v) is 22.6. The fourth-order valence-corrected chi connectivity index (χ4v) is 10.7. The van der Waals surface area contributed by atoms with Crippen LogP contribution in [0, 0.1) is 0 Å². The van der Waals surface area contributed by atoms with Crippen molar-refractivity contribution in [2.24, 2.45) is 0 Å². The third-order valence-corrected chi connectivity index (χ3v) is 15.0. The van der Waals surface area contributed by atoms with Crippen molar-refractivity contribution in [1.29, 1.82) is 0 Å². The van der Waals surface area contributed by atoms with Crippen LogP contribution in [0.1, 0.15) is 168 Å². The Morgan fingerprint density at radius 3 is 0.985 bits per heavy atom. The van der Waals surface area contributed by atoms with Crippen LogP contribution < -0.4 is 9.80 Å². The van der Waals surface area contributed by atoms with E-state index >= 15 is 0 Å². The quantitative estimate of drug-likeness (QED) is 0.0703. The topological polar surface area (TPSA) is 6.48 Å². The Kier molecular flexibility index (Phi) is 16.3. The summed E-state index contributed by atoms with van der Waals surface area (Å²) in [5, 5.41) is 0. The van der Waals surface area contributed by atoms with Gasteiger partial charge in [-0.2, -0.15) is 0 Å². The number of nitrogens with zero attached hydrogens (tertiary/aromatic N) is 2. The molecule has 1 aliphatic rings. The molecule has 6 aromatic rings. The molecule has 0 spiro atoms. The summed E-state index contributed by atoms with van der Waals surface area (Å²) in [7, 11) is 0. The Morgan fingerprint density at radius 2 is 0.662 bits per heavy atom. The third-order valence-electron chi connectivity index (χ3n) is 13.9. The first-order valence-corrected chi connectivity index (χ1v) is 26.4. The molecule has 0 fully saturated rings. The fraction of sp³-hybridized carbons (Fsp3) is 0.410. The van der Waals surface area contributed by atoms with Gasteiger partial charge in [0.1, 0.15) is 0 Å². The predicted molar refractivity (Wildman–Crippen MR) is 291 cm³/mol. The van der Waals surface area contributed by atoms with E-state index in [-0.39, 0.29) is 16.2 Å². The van der Waals surface area contributed by atoms with Gasteiger partial charge in [-0.3, -0.25) is 0 Å². The van der Waals surface area contributed by atoms with E-state index in [1.807, 2.05) is 0 Å². The first-order chi connectivity index (χ1) is 31.2. The summed E-state index contributed by atoms with van der Waals surface area (Å²) in [5.74, 6) is 0. The molecule has 2 nitrogen and oxygen atoms in total. The molecular formula is C61H74Br2N2. The zero-order valence-electron chi connectivity index (χ0n) is 40.8. The summed E-state index contributed by atoms with van der Waals surface area (Å²) in [6.45, 7) is 18.4. The van der Waals surface area contributed by atoms with Crippen LogP contribution in [0.3, 0.4) is 0 Å². The molecule has 0 bridgehead atoms. The number of anilines is 6. The van der Waals surface area contributed by atoms with E-state index in [2.05, 4.69) is 231 Å². The molecule has 6 aromatic carbocycles. The highest BCUT2D eigenvalue weighted by Gasteiger charge is 2.43. The van der Waals surface area contributed by atoms with Gasteiger partial charge in [0.2, 0.25) is 0 Å². The van der Waals surface area contributed by atoms with Crippen LogP contribution >= 0.6 is 31.9 Å². The van der Waals surface area contributed by atoms with Gasteiger partial charge in [-0.05, 0) is 154 Å². The second kappa shape index (κ2) is 21.7. The van der Waals surface area contributed by atoms with Crippen molar-refractivity contribution in [3.63, 3.8) is 0 Å². The van der Waals surface area contributed by atoms with Gasteiger partial charge in [0.05, 0.1) is 0 Å². The highest BCUT2D eigenvalue weighted by molar-refractivity contribution is 9.10. The molecule has 0 saturated carbocycles. The Morgan fingerprint density at radius 1 is 0.369 bits per heavy atom. The highest BCUT2D eigenvalue weighted by atomic mass is 79.9. The number of hydrogen-bond acceptors (Lipinski definition) is 2. The van der Waals surface area contributed by atoms with Crippen LogP contribution in [0.25, 0.3) is 11.1 Å². The lowest BCUT2D eigenvalue weighted by atomic mass is 9.70. The lowest BCUT2D eigenvalue weighted by molar-refractivity contribution is 0.398. The number of benzene rings is 6. The van der Waals surface area contributed by atoms with Gasteiger partial charge >= 0.3 is 0 Å². The van der Waals surface area contributed by atoms with E-state index in [1.54, 1.807) is 0 Å². The molecule has 4 heteroatoms. The van der Waals surface area contributed by atoms with Gasteiger partial charge in [-0.15, -0.1) is 0 Å². The molecule has 0 aromatic heterocycles. The maximum Gasteiger partial charge on any atom is 0.0465 e. The van der Waals surface area contributed by atoms with Crippen LogP contribution in [0.15, 0.2) is 142 Å². The fourth-order valence-electron chi connectivity index (χ4n) is 10.1. The van der Waals surface area contributed by atoms with E-state index < -0.39 is 0 Å². The molecule has 7 rings (SSSR count).